The molecule has 0 spiro atoms. The van der Waals surface area contributed by atoms with Gasteiger partial charge in [0.2, 0.25) is 0 Å². The van der Waals surface area contributed by atoms with E-state index in [0.29, 0.717) is 17.9 Å². The zero-order chi connectivity index (χ0) is 23.5. The molecule has 4 aromatic rings. The van der Waals surface area contributed by atoms with Crippen LogP contribution < -0.4 is 4.74 Å². The molecule has 1 aliphatic heterocycles. The topological polar surface area (TPSA) is 46.6 Å². The fraction of sp³-hybridized carbons (Fsp3) is 0.0714. The second kappa shape index (κ2) is 9.53. The highest BCUT2D eigenvalue weighted by Gasteiger charge is 2.35. The SMILES string of the molecule is O=C1S/C(=C/c2c(OCc3ccccc3)ccc3ccccc23)C(=O)N1Cc1ccccc1F. The molecule has 6 heteroatoms. The fourth-order valence-electron chi connectivity index (χ4n) is 3.85. The minimum absolute atomic E-state index is 0.110. The van der Waals surface area contributed by atoms with Gasteiger partial charge in [-0.2, -0.15) is 0 Å². The Bertz CT molecular complexity index is 1420. The van der Waals surface area contributed by atoms with Gasteiger partial charge in [0.1, 0.15) is 18.2 Å². The Hall–Kier alpha value is -3.90. The van der Waals surface area contributed by atoms with Gasteiger partial charge >= 0.3 is 0 Å². The van der Waals surface area contributed by atoms with E-state index in [1.54, 1.807) is 24.3 Å². The smallest absolute Gasteiger partial charge is 0.293 e. The first-order valence-electron chi connectivity index (χ1n) is 10.8. The second-order valence-electron chi connectivity index (χ2n) is 7.83. The van der Waals surface area contributed by atoms with Crippen molar-refractivity contribution in [2.24, 2.45) is 0 Å². The average Bonchev–Trinajstić information content (AvgIpc) is 3.13. The van der Waals surface area contributed by atoms with E-state index in [1.807, 2.05) is 66.7 Å². The van der Waals surface area contributed by atoms with Crippen LogP contribution in [0.15, 0.2) is 95.9 Å². The van der Waals surface area contributed by atoms with Gasteiger partial charge in [-0.1, -0.05) is 78.9 Å². The van der Waals surface area contributed by atoms with Crippen LogP contribution in [-0.4, -0.2) is 16.0 Å². The molecule has 0 radical (unpaired) electrons. The van der Waals surface area contributed by atoms with Crippen LogP contribution in [0, 0.1) is 5.82 Å². The standard InChI is InChI=1S/C28H20FNO3S/c29-24-13-7-5-11-21(24)17-30-27(31)26(34-28(30)32)16-23-22-12-6-4-10-20(22)14-15-25(23)33-18-19-8-2-1-3-9-19/h1-16H,17-18H2/b26-16+. The first kappa shape index (κ1) is 21.9. The first-order chi connectivity index (χ1) is 16.6. The molecule has 168 valence electrons. The van der Waals surface area contributed by atoms with Gasteiger partial charge in [0, 0.05) is 11.1 Å². The number of amides is 2. The summed E-state index contributed by atoms with van der Waals surface area (Å²) in [5.41, 5.74) is 2.04. The number of ether oxygens (including phenoxy) is 1. The minimum atomic E-state index is -0.448. The number of thioether (sulfide) groups is 1. The number of fused-ring (bicyclic) bond motifs is 1. The lowest BCUT2D eigenvalue weighted by molar-refractivity contribution is -0.123. The predicted molar refractivity (Wildman–Crippen MR) is 133 cm³/mol. The summed E-state index contributed by atoms with van der Waals surface area (Å²) < 4.78 is 20.2. The maximum Gasteiger partial charge on any atom is 0.293 e. The van der Waals surface area contributed by atoms with E-state index in [4.69, 9.17) is 4.74 Å². The molecule has 34 heavy (non-hydrogen) atoms. The Labute approximate surface area is 200 Å². The lowest BCUT2D eigenvalue weighted by Crippen LogP contribution is -2.27. The van der Waals surface area contributed by atoms with Crippen LogP contribution >= 0.6 is 11.8 Å². The molecule has 1 saturated heterocycles. The molecule has 0 atom stereocenters. The molecule has 2 amide bonds. The second-order valence-corrected chi connectivity index (χ2v) is 8.83. The van der Waals surface area contributed by atoms with Crippen molar-refractivity contribution in [3.63, 3.8) is 0 Å². The van der Waals surface area contributed by atoms with E-state index in [0.717, 1.165) is 38.6 Å². The van der Waals surface area contributed by atoms with Crippen molar-refractivity contribution < 1.29 is 18.7 Å². The number of carbonyl (C=O) groups excluding carboxylic acids is 2. The molecule has 4 aromatic carbocycles. The van der Waals surface area contributed by atoms with Crippen molar-refractivity contribution >= 4 is 39.8 Å². The van der Waals surface area contributed by atoms with Crippen molar-refractivity contribution in [1.29, 1.82) is 0 Å². The van der Waals surface area contributed by atoms with Gasteiger partial charge in [-0.25, -0.2) is 4.39 Å². The number of hydrogen-bond donors (Lipinski definition) is 0. The Morgan fingerprint density at radius 3 is 2.41 bits per heavy atom. The van der Waals surface area contributed by atoms with Crippen LogP contribution in [0.25, 0.3) is 16.8 Å². The summed E-state index contributed by atoms with van der Waals surface area (Å²) in [5.74, 6) is -0.278. The van der Waals surface area contributed by atoms with E-state index in [2.05, 4.69) is 0 Å². The molecule has 0 aromatic heterocycles. The lowest BCUT2D eigenvalue weighted by atomic mass is 10.0. The summed E-state index contributed by atoms with van der Waals surface area (Å²) >= 11 is 0.854. The van der Waals surface area contributed by atoms with Crippen LogP contribution in [-0.2, 0) is 17.9 Å². The summed E-state index contributed by atoms with van der Waals surface area (Å²) in [7, 11) is 0. The lowest BCUT2D eigenvalue weighted by Gasteiger charge is -2.14. The van der Waals surface area contributed by atoms with Crippen LogP contribution in [0.5, 0.6) is 5.75 Å². The number of nitrogens with zero attached hydrogens (tertiary/aromatic N) is 1. The maximum atomic E-state index is 14.1. The molecule has 1 aliphatic rings. The molecular formula is C28H20FNO3S. The van der Waals surface area contributed by atoms with Gasteiger partial charge in [0.15, 0.2) is 0 Å². The number of carbonyl (C=O) groups is 2. The van der Waals surface area contributed by atoms with Gasteiger partial charge in [0.25, 0.3) is 11.1 Å². The highest BCUT2D eigenvalue weighted by atomic mass is 32.2. The third-order valence-electron chi connectivity index (χ3n) is 5.60. The van der Waals surface area contributed by atoms with Gasteiger partial charge < -0.3 is 4.74 Å². The normalized spacial score (nSPS) is 14.9. The number of rotatable bonds is 6. The molecule has 0 unspecified atom stereocenters. The summed E-state index contributed by atoms with van der Waals surface area (Å²) in [4.78, 5) is 27.1. The Morgan fingerprint density at radius 2 is 1.59 bits per heavy atom. The van der Waals surface area contributed by atoms with Crippen molar-refractivity contribution in [2.75, 3.05) is 0 Å². The number of benzene rings is 4. The van der Waals surface area contributed by atoms with Gasteiger partial charge in [-0.3, -0.25) is 14.5 Å². The van der Waals surface area contributed by atoms with E-state index in [1.165, 1.54) is 6.07 Å². The molecule has 0 aliphatic carbocycles. The molecular weight excluding hydrogens is 449 g/mol. The van der Waals surface area contributed by atoms with Gasteiger partial charge in [0.05, 0.1) is 11.4 Å². The molecule has 1 fully saturated rings. The molecule has 0 N–H and O–H groups in total. The zero-order valence-corrected chi connectivity index (χ0v) is 18.9. The Balaban J connectivity index is 1.49. The van der Waals surface area contributed by atoms with Gasteiger partial charge in [-0.15, -0.1) is 0 Å². The molecule has 1 heterocycles. The third-order valence-corrected chi connectivity index (χ3v) is 6.51. The van der Waals surface area contributed by atoms with E-state index < -0.39 is 17.0 Å². The zero-order valence-electron chi connectivity index (χ0n) is 18.1. The van der Waals surface area contributed by atoms with Crippen molar-refractivity contribution in [3.05, 3.63) is 118 Å². The number of hydrogen-bond acceptors (Lipinski definition) is 4. The molecule has 4 nitrogen and oxygen atoms in total. The summed E-state index contributed by atoms with van der Waals surface area (Å²) in [5, 5.41) is 1.48. The summed E-state index contributed by atoms with van der Waals surface area (Å²) in [6.45, 7) is 0.260. The first-order valence-corrected chi connectivity index (χ1v) is 11.6. The molecule has 0 saturated carbocycles. The fourth-order valence-corrected chi connectivity index (χ4v) is 4.67. The van der Waals surface area contributed by atoms with E-state index >= 15 is 0 Å². The van der Waals surface area contributed by atoms with E-state index in [-0.39, 0.29) is 11.4 Å². The largest absolute Gasteiger partial charge is 0.488 e. The maximum absolute atomic E-state index is 14.1. The quantitative estimate of drug-likeness (QED) is 0.292. The average molecular weight is 470 g/mol. The molecule has 0 bridgehead atoms. The van der Waals surface area contributed by atoms with Crippen LogP contribution in [0.1, 0.15) is 16.7 Å². The highest BCUT2D eigenvalue weighted by molar-refractivity contribution is 8.18. The minimum Gasteiger partial charge on any atom is -0.488 e. The summed E-state index contributed by atoms with van der Waals surface area (Å²) in [6.07, 6.45) is 1.70. The van der Waals surface area contributed by atoms with Crippen LogP contribution in [0.2, 0.25) is 0 Å². The number of halogens is 1. The van der Waals surface area contributed by atoms with Crippen molar-refractivity contribution in [2.45, 2.75) is 13.2 Å². The summed E-state index contributed by atoms with van der Waals surface area (Å²) in [6, 6.07) is 27.6. The van der Waals surface area contributed by atoms with Crippen LogP contribution in [0.4, 0.5) is 9.18 Å². The van der Waals surface area contributed by atoms with E-state index in [9.17, 15) is 14.0 Å². The number of imide groups is 1. The van der Waals surface area contributed by atoms with Crippen molar-refractivity contribution in [1.82, 2.24) is 4.90 Å². The van der Waals surface area contributed by atoms with Crippen molar-refractivity contribution in [3.8, 4) is 5.75 Å². The van der Waals surface area contributed by atoms with Crippen LogP contribution in [0.3, 0.4) is 0 Å². The Morgan fingerprint density at radius 1 is 0.853 bits per heavy atom. The third kappa shape index (κ3) is 4.45. The Kier molecular flexibility index (Phi) is 6.14. The van der Waals surface area contributed by atoms with Gasteiger partial charge in [-0.05, 0) is 46.3 Å². The highest BCUT2D eigenvalue weighted by Crippen LogP contribution is 2.37. The predicted octanol–water partition coefficient (Wildman–Crippen LogP) is 6.79. The molecule has 5 rings (SSSR count). The monoisotopic (exact) mass is 469 g/mol.